The molecule has 1 rings (SSSR count). The van der Waals surface area contributed by atoms with Crippen LogP contribution in [0.4, 0.5) is 0 Å². The van der Waals surface area contributed by atoms with Crippen LogP contribution in [0.3, 0.4) is 0 Å². The molecule has 0 unspecified atom stereocenters. The van der Waals surface area contributed by atoms with Crippen LogP contribution in [0.25, 0.3) is 0 Å². The molecule has 0 fully saturated rings. The van der Waals surface area contributed by atoms with Crippen LogP contribution in [-0.2, 0) is 0 Å². The Bertz CT molecular complexity index is 215. The van der Waals surface area contributed by atoms with Gasteiger partial charge >= 0.3 is 5.76 Å². The van der Waals surface area contributed by atoms with Gasteiger partial charge in [0.1, 0.15) is 5.72 Å². The molecule has 1 aromatic rings. The standard InChI is InChI=1S/C3H5BN2O2/c1-4-2-5-3(7)8-6-2/h4H,1H3,(H,5,6,7). The van der Waals surface area contributed by atoms with Gasteiger partial charge in [0.2, 0.25) is 7.28 Å². The number of aromatic amines is 1. The Hall–Kier alpha value is -0.995. The van der Waals surface area contributed by atoms with Crippen molar-refractivity contribution in [3.63, 3.8) is 0 Å². The number of hydrogen-bond acceptors (Lipinski definition) is 3. The smallest absolute Gasteiger partial charge is 0.297 e. The Morgan fingerprint density at radius 2 is 2.62 bits per heavy atom. The first-order chi connectivity index (χ1) is 3.83. The van der Waals surface area contributed by atoms with Gasteiger partial charge in [-0.25, -0.2) is 4.79 Å². The Balaban J connectivity index is 3.01. The third-order valence-corrected chi connectivity index (χ3v) is 0.820. The highest BCUT2D eigenvalue weighted by Crippen LogP contribution is 1.55. The lowest BCUT2D eigenvalue weighted by Crippen LogP contribution is -2.17. The zero-order valence-corrected chi connectivity index (χ0v) is 4.47. The van der Waals surface area contributed by atoms with E-state index in [-0.39, 0.29) is 0 Å². The second-order valence-corrected chi connectivity index (χ2v) is 1.40. The molecule has 4 nitrogen and oxygen atoms in total. The lowest BCUT2D eigenvalue weighted by Gasteiger charge is -1.72. The van der Waals surface area contributed by atoms with Gasteiger partial charge in [-0.05, 0) is 0 Å². The summed E-state index contributed by atoms with van der Waals surface area (Å²) in [6, 6.07) is 0. The van der Waals surface area contributed by atoms with E-state index < -0.39 is 5.76 Å². The van der Waals surface area contributed by atoms with E-state index in [0.29, 0.717) is 13.0 Å². The molecule has 0 aliphatic rings. The summed E-state index contributed by atoms with van der Waals surface area (Å²) in [6.45, 7) is 1.88. The molecule has 0 bridgehead atoms. The Kier molecular flexibility index (Phi) is 1.19. The molecule has 0 aromatic carbocycles. The second-order valence-electron chi connectivity index (χ2n) is 1.40. The van der Waals surface area contributed by atoms with Crippen molar-refractivity contribution in [2.75, 3.05) is 0 Å². The molecule has 0 radical (unpaired) electrons. The molecule has 0 aliphatic carbocycles. The minimum atomic E-state index is -0.484. The summed E-state index contributed by atoms with van der Waals surface area (Å²) in [5, 5.41) is 3.39. The summed E-state index contributed by atoms with van der Waals surface area (Å²) in [4.78, 5) is 12.6. The van der Waals surface area contributed by atoms with Gasteiger partial charge in [0.15, 0.2) is 0 Å². The number of H-pyrrole nitrogens is 1. The first-order valence-electron chi connectivity index (χ1n) is 2.38. The van der Waals surface area contributed by atoms with Gasteiger partial charge in [-0.2, -0.15) is 0 Å². The largest absolute Gasteiger partial charge is 0.438 e. The van der Waals surface area contributed by atoms with Crippen LogP contribution >= 0.6 is 0 Å². The van der Waals surface area contributed by atoms with Crippen LogP contribution in [0.5, 0.6) is 0 Å². The van der Waals surface area contributed by atoms with Crippen molar-refractivity contribution in [1.29, 1.82) is 0 Å². The van der Waals surface area contributed by atoms with E-state index in [0.717, 1.165) is 0 Å². The number of rotatable bonds is 1. The number of nitrogens with zero attached hydrogens (tertiary/aromatic N) is 1. The second kappa shape index (κ2) is 1.86. The predicted molar refractivity (Wildman–Crippen MR) is 29.8 cm³/mol. The number of aromatic nitrogens is 2. The molecule has 1 heterocycles. The van der Waals surface area contributed by atoms with Crippen molar-refractivity contribution in [2.24, 2.45) is 0 Å². The molecule has 5 heteroatoms. The lowest BCUT2D eigenvalue weighted by atomic mass is 9.82. The fraction of sp³-hybridized carbons (Fsp3) is 0.333. The van der Waals surface area contributed by atoms with Crippen molar-refractivity contribution in [1.82, 2.24) is 10.1 Å². The van der Waals surface area contributed by atoms with Gasteiger partial charge < -0.3 is 0 Å². The molecule has 0 saturated heterocycles. The van der Waals surface area contributed by atoms with Crippen LogP contribution in [0.2, 0.25) is 6.82 Å². The normalized spacial score (nSPS) is 9.12. The fourth-order valence-electron chi connectivity index (χ4n) is 0.413. The van der Waals surface area contributed by atoms with E-state index in [1.54, 1.807) is 0 Å². The van der Waals surface area contributed by atoms with Gasteiger partial charge in [0.05, 0.1) is 0 Å². The van der Waals surface area contributed by atoms with E-state index in [9.17, 15) is 4.79 Å². The van der Waals surface area contributed by atoms with Crippen molar-refractivity contribution in [3.05, 3.63) is 10.6 Å². The SMILES string of the molecule is CBc1noc(=O)[nH]1. The van der Waals surface area contributed by atoms with Crippen LogP contribution in [0.1, 0.15) is 0 Å². The molecule has 1 aromatic heterocycles. The van der Waals surface area contributed by atoms with Crippen molar-refractivity contribution >= 4 is 13.0 Å². The zero-order chi connectivity index (χ0) is 5.98. The monoisotopic (exact) mass is 112 g/mol. The Labute approximate surface area is 46.1 Å². The fourth-order valence-corrected chi connectivity index (χ4v) is 0.413. The molecular weight excluding hydrogens is 107 g/mol. The highest BCUT2D eigenvalue weighted by Gasteiger charge is 1.94. The molecule has 1 N–H and O–H groups in total. The zero-order valence-electron chi connectivity index (χ0n) is 4.47. The summed E-state index contributed by atoms with van der Waals surface area (Å²) >= 11 is 0. The Morgan fingerprint density at radius 1 is 1.88 bits per heavy atom. The number of nitrogens with one attached hydrogen (secondary N) is 1. The average molecular weight is 112 g/mol. The molecule has 0 atom stereocenters. The van der Waals surface area contributed by atoms with Crippen LogP contribution in [-0.4, -0.2) is 17.4 Å². The first kappa shape index (κ1) is 5.15. The average Bonchev–Trinajstić information content (AvgIpc) is 2.14. The predicted octanol–water partition coefficient (Wildman–Crippen LogP) is -1.53. The third-order valence-electron chi connectivity index (χ3n) is 0.820. The van der Waals surface area contributed by atoms with E-state index in [1.807, 2.05) is 6.82 Å². The quantitative estimate of drug-likeness (QED) is 0.448. The van der Waals surface area contributed by atoms with E-state index >= 15 is 0 Å². The minimum absolute atomic E-state index is 0.484. The maximum atomic E-state index is 10.2. The van der Waals surface area contributed by atoms with Gasteiger partial charge in [-0.3, -0.25) is 9.51 Å². The topological polar surface area (TPSA) is 58.9 Å². The van der Waals surface area contributed by atoms with Crippen molar-refractivity contribution < 1.29 is 4.52 Å². The molecule has 0 saturated carbocycles. The molecule has 42 valence electrons. The molecule has 0 spiro atoms. The maximum absolute atomic E-state index is 10.2. The Morgan fingerprint density at radius 3 is 2.88 bits per heavy atom. The van der Waals surface area contributed by atoms with Gasteiger partial charge in [0.25, 0.3) is 0 Å². The first-order valence-corrected chi connectivity index (χ1v) is 2.38. The highest BCUT2D eigenvalue weighted by atomic mass is 16.5. The summed E-state index contributed by atoms with van der Waals surface area (Å²) < 4.78 is 4.19. The van der Waals surface area contributed by atoms with Crippen molar-refractivity contribution in [2.45, 2.75) is 6.82 Å². The molecule has 8 heavy (non-hydrogen) atoms. The maximum Gasteiger partial charge on any atom is 0.438 e. The van der Waals surface area contributed by atoms with Crippen LogP contribution in [0, 0.1) is 0 Å². The highest BCUT2D eigenvalue weighted by molar-refractivity contribution is 6.49. The summed E-state index contributed by atoms with van der Waals surface area (Å²) in [6.07, 6.45) is 0. The summed E-state index contributed by atoms with van der Waals surface area (Å²) in [5.41, 5.74) is 0.593. The number of hydrogen-bond donors (Lipinski definition) is 1. The van der Waals surface area contributed by atoms with Crippen molar-refractivity contribution in [3.8, 4) is 0 Å². The van der Waals surface area contributed by atoms with Gasteiger partial charge in [-0.1, -0.05) is 12.0 Å². The summed E-state index contributed by atoms with van der Waals surface area (Å²) in [5.74, 6) is -0.484. The summed E-state index contributed by atoms with van der Waals surface area (Å²) in [7, 11) is 0.700. The third kappa shape index (κ3) is 0.802. The van der Waals surface area contributed by atoms with E-state index in [2.05, 4.69) is 14.7 Å². The van der Waals surface area contributed by atoms with Crippen LogP contribution in [0.15, 0.2) is 9.32 Å². The minimum Gasteiger partial charge on any atom is -0.297 e. The molecular formula is C3H5BN2O2. The van der Waals surface area contributed by atoms with E-state index in [1.165, 1.54) is 0 Å². The van der Waals surface area contributed by atoms with E-state index in [4.69, 9.17) is 0 Å². The lowest BCUT2D eigenvalue weighted by molar-refractivity contribution is 0.389. The van der Waals surface area contributed by atoms with Crippen LogP contribution < -0.4 is 11.5 Å². The molecule has 0 amide bonds. The molecule has 0 aliphatic heterocycles. The van der Waals surface area contributed by atoms with Gasteiger partial charge in [0, 0.05) is 0 Å². The van der Waals surface area contributed by atoms with Gasteiger partial charge in [-0.15, -0.1) is 0 Å².